The van der Waals surface area contributed by atoms with Gasteiger partial charge in [0.2, 0.25) is 0 Å². The lowest BCUT2D eigenvalue weighted by atomic mass is 10.0. The average molecular weight is 271 g/mol. The van der Waals surface area contributed by atoms with E-state index in [1.165, 1.54) is 0 Å². The fourth-order valence-corrected chi connectivity index (χ4v) is 1.38. The molecule has 0 atom stereocenters. The second kappa shape index (κ2) is 4.84. The van der Waals surface area contributed by atoms with Crippen LogP contribution in [0.1, 0.15) is 29.8 Å². The summed E-state index contributed by atoms with van der Waals surface area (Å²) >= 11 is 0. The van der Waals surface area contributed by atoms with Crippen LogP contribution in [0.5, 0.6) is 0 Å². The molecule has 1 rings (SSSR count). The third-order valence-corrected chi connectivity index (χ3v) is 2.39. The summed E-state index contributed by atoms with van der Waals surface area (Å²) in [7, 11) is 0. The molecule has 0 aromatic heterocycles. The first-order valence-electron chi connectivity index (χ1n) is 5.27. The number of hydrogen-bond donors (Lipinski definition) is 2. The minimum absolute atomic E-state index is 0.0449. The summed E-state index contributed by atoms with van der Waals surface area (Å²) in [6, 6.07) is 2.45. The van der Waals surface area contributed by atoms with Gasteiger partial charge in [0.25, 0.3) is 0 Å². The first-order valence-corrected chi connectivity index (χ1v) is 5.27. The molecule has 1 aromatic carbocycles. The van der Waals surface area contributed by atoms with Crippen molar-refractivity contribution in [2.45, 2.75) is 25.6 Å². The monoisotopic (exact) mass is 271 g/mol. The summed E-state index contributed by atoms with van der Waals surface area (Å²) in [5, 5.41) is 11.7. The van der Waals surface area contributed by atoms with Gasteiger partial charge < -0.3 is 10.4 Å². The van der Waals surface area contributed by atoms with Crippen LogP contribution in [-0.4, -0.2) is 16.6 Å². The molecule has 6 heteroatoms. The van der Waals surface area contributed by atoms with Gasteiger partial charge in [-0.15, -0.1) is 6.42 Å². The van der Waals surface area contributed by atoms with Crippen LogP contribution in [0.15, 0.2) is 18.2 Å². The fraction of sp³-hybridized carbons (Fsp3) is 0.308. The van der Waals surface area contributed by atoms with Crippen LogP contribution < -0.4 is 5.32 Å². The van der Waals surface area contributed by atoms with Crippen molar-refractivity contribution in [3.05, 3.63) is 29.3 Å². The van der Waals surface area contributed by atoms with E-state index in [0.29, 0.717) is 6.07 Å². The van der Waals surface area contributed by atoms with Crippen molar-refractivity contribution in [1.29, 1.82) is 0 Å². The van der Waals surface area contributed by atoms with E-state index in [2.05, 4.69) is 11.2 Å². The van der Waals surface area contributed by atoms with Crippen molar-refractivity contribution in [3.63, 3.8) is 0 Å². The Bertz CT molecular complexity index is 542. The molecule has 0 unspecified atom stereocenters. The molecule has 0 spiro atoms. The molecular weight excluding hydrogens is 259 g/mol. The Morgan fingerprint density at radius 2 is 1.95 bits per heavy atom. The molecule has 0 bridgehead atoms. The summed E-state index contributed by atoms with van der Waals surface area (Å²) in [6.45, 7) is 3.21. The lowest BCUT2D eigenvalue weighted by Gasteiger charge is -2.23. The second-order valence-electron chi connectivity index (χ2n) is 4.46. The Labute approximate surface area is 108 Å². The van der Waals surface area contributed by atoms with Crippen LogP contribution in [-0.2, 0) is 6.18 Å². The lowest BCUT2D eigenvalue weighted by Crippen LogP contribution is -2.29. The minimum Gasteiger partial charge on any atom is -0.478 e. The molecule has 0 aliphatic rings. The molecule has 0 saturated carbocycles. The Morgan fingerprint density at radius 1 is 1.37 bits per heavy atom. The number of terminal acetylenes is 1. The summed E-state index contributed by atoms with van der Waals surface area (Å²) < 4.78 is 37.6. The molecule has 0 amide bonds. The van der Waals surface area contributed by atoms with Crippen LogP contribution in [0.3, 0.4) is 0 Å². The molecular formula is C13H12F3NO2. The molecule has 0 fully saturated rings. The zero-order chi connectivity index (χ0) is 14.8. The quantitative estimate of drug-likeness (QED) is 0.830. The largest absolute Gasteiger partial charge is 0.478 e. The second-order valence-corrected chi connectivity index (χ2v) is 4.46. The maximum atomic E-state index is 12.5. The van der Waals surface area contributed by atoms with E-state index >= 15 is 0 Å². The zero-order valence-corrected chi connectivity index (χ0v) is 10.3. The number of alkyl halides is 3. The molecule has 0 heterocycles. The molecule has 19 heavy (non-hydrogen) atoms. The number of rotatable bonds is 3. The van der Waals surface area contributed by atoms with Crippen molar-refractivity contribution in [2.24, 2.45) is 0 Å². The number of benzene rings is 1. The molecule has 1 aromatic rings. The smallest absolute Gasteiger partial charge is 0.416 e. The fourth-order valence-electron chi connectivity index (χ4n) is 1.38. The van der Waals surface area contributed by atoms with Crippen molar-refractivity contribution in [1.82, 2.24) is 0 Å². The normalized spacial score (nSPS) is 11.8. The molecule has 0 aliphatic heterocycles. The molecule has 102 valence electrons. The highest BCUT2D eigenvalue weighted by molar-refractivity contribution is 5.94. The Balaban J connectivity index is 3.29. The molecule has 3 nitrogen and oxygen atoms in total. The number of carboxylic acid groups (broad SMARTS) is 1. The van der Waals surface area contributed by atoms with Crippen LogP contribution in [0, 0.1) is 12.3 Å². The zero-order valence-electron chi connectivity index (χ0n) is 10.3. The van der Waals surface area contributed by atoms with E-state index in [1.54, 1.807) is 13.8 Å². The van der Waals surface area contributed by atoms with Crippen LogP contribution in [0.2, 0.25) is 0 Å². The molecule has 0 radical (unpaired) electrons. The molecule has 0 saturated heterocycles. The van der Waals surface area contributed by atoms with Gasteiger partial charge in [0.15, 0.2) is 0 Å². The summed E-state index contributed by atoms with van der Waals surface area (Å²) in [4.78, 5) is 11.0. The highest BCUT2D eigenvalue weighted by Crippen LogP contribution is 2.32. The first kappa shape index (κ1) is 14.9. The van der Waals surface area contributed by atoms with Gasteiger partial charge in [-0.3, -0.25) is 0 Å². The van der Waals surface area contributed by atoms with Crippen LogP contribution in [0.25, 0.3) is 0 Å². The van der Waals surface area contributed by atoms with Crippen LogP contribution >= 0.6 is 0 Å². The lowest BCUT2D eigenvalue weighted by molar-refractivity contribution is -0.137. The van der Waals surface area contributed by atoms with Gasteiger partial charge in [0, 0.05) is 5.69 Å². The summed E-state index contributed by atoms with van der Waals surface area (Å²) in [6.07, 6.45) is 0.647. The Morgan fingerprint density at radius 3 is 2.37 bits per heavy atom. The number of halogens is 3. The van der Waals surface area contributed by atoms with Gasteiger partial charge in [-0.1, -0.05) is 5.92 Å². The van der Waals surface area contributed by atoms with E-state index in [0.717, 1.165) is 12.1 Å². The van der Waals surface area contributed by atoms with E-state index in [4.69, 9.17) is 11.5 Å². The number of carbonyl (C=O) groups is 1. The van der Waals surface area contributed by atoms with Gasteiger partial charge in [-0.25, -0.2) is 4.79 Å². The third-order valence-electron chi connectivity index (χ3n) is 2.39. The van der Waals surface area contributed by atoms with E-state index < -0.39 is 28.8 Å². The van der Waals surface area contributed by atoms with Gasteiger partial charge in [-0.2, -0.15) is 13.2 Å². The highest BCUT2D eigenvalue weighted by Gasteiger charge is 2.32. The summed E-state index contributed by atoms with van der Waals surface area (Å²) in [5.41, 5.74) is -2.32. The highest BCUT2D eigenvalue weighted by atomic mass is 19.4. The molecule has 0 aliphatic carbocycles. The van der Waals surface area contributed by atoms with Crippen molar-refractivity contribution >= 4 is 11.7 Å². The number of carboxylic acids is 1. The van der Waals surface area contributed by atoms with Crippen molar-refractivity contribution in [3.8, 4) is 12.3 Å². The van der Waals surface area contributed by atoms with Gasteiger partial charge >= 0.3 is 12.1 Å². The maximum absolute atomic E-state index is 12.5. The van der Waals surface area contributed by atoms with Gasteiger partial charge in [0.1, 0.15) is 0 Å². The number of aromatic carboxylic acids is 1. The van der Waals surface area contributed by atoms with Crippen LogP contribution in [0.4, 0.5) is 18.9 Å². The maximum Gasteiger partial charge on any atom is 0.416 e. The molecule has 2 N–H and O–H groups in total. The van der Waals surface area contributed by atoms with Crippen molar-refractivity contribution < 1.29 is 23.1 Å². The number of anilines is 1. The van der Waals surface area contributed by atoms with E-state index in [1.807, 2.05) is 0 Å². The Hall–Kier alpha value is -2.16. The van der Waals surface area contributed by atoms with Gasteiger partial charge in [0.05, 0.1) is 16.7 Å². The minimum atomic E-state index is -4.59. The number of nitrogens with one attached hydrogen (secondary N) is 1. The topological polar surface area (TPSA) is 49.3 Å². The standard InChI is InChI=1S/C13H12F3NO2/c1-4-12(2,3)17-10-6-5-8(13(14,15)16)7-9(10)11(18)19/h1,5-7,17H,2-3H3,(H,18,19). The van der Waals surface area contributed by atoms with E-state index in [9.17, 15) is 18.0 Å². The average Bonchev–Trinajstić information content (AvgIpc) is 2.27. The predicted octanol–water partition coefficient (Wildman–Crippen LogP) is 3.23. The summed E-state index contributed by atoms with van der Waals surface area (Å²) in [5.74, 6) is 0.918. The van der Waals surface area contributed by atoms with Gasteiger partial charge in [-0.05, 0) is 32.0 Å². The SMILES string of the molecule is C#CC(C)(C)Nc1ccc(C(F)(F)F)cc1C(=O)O. The van der Waals surface area contributed by atoms with E-state index in [-0.39, 0.29) is 5.69 Å². The van der Waals surface area contributed by atoms with Crippen molar-refractivity contribution in [2.75, 3.05) is 5.32 Å². The number of hydrogen-bond acceptors (Lipinski definition) is 2. The predicted molar refractivity (Wildman–Crippen MR) is 64.9 cm³/mol. The third kappa shape index (κ3) is 3.65. The Kier molecular flexibility index (Phi) is 3.80. The first-order chi connectivity index (χ1) is 8.57.